The van der Waals surface area contributed by atoms with Crippen LogP contribution >= 0.6 is 11.8 Å². The molecular formula is C21H28N4OS. The van der Waals surface area contributed by atoms with Gasteiger partial charge >= 0.3 is 0 Å². The monoisotopic (exact) mass is 384 g/mol. The number of carbonyl (C=O) groups is 1. The molecule has 2 aliphatic rings. The van der Waals surface area contributed by atoms with Crippen molar-refractivity contribution in [3.63, 3.8) is 0 Å². The lowest BCUT2D eigenvalue weighted by Crippen LogP contribution is -2.45. The Hall–Kier alpha value is -1.79. The van der Waals surface area contributed by atoms with Crippen molar-refractivity contribution in [3.8, 4) is 0 Å². The van der Waals surface area contributed by atoms with Crippen molar-refractivity contribution in [2.24, 2.45) is 0 Å². The van der Waals surface area contributed by atoms with E-state index in [9.17, 15) is 4.79 Å². The zero-order valence-corrected chi connectivity index (χ0v) is 16.7. The van der Waals surface area contributed by atoms with E-state index in [1.807, 2.05) is 25.1 Å². The number of aryl methyl sites for hydroxylation is 1. The molecule has 1 saturated heterocycles. The lowest BCUT2D eigenvalue weighted by Gasteiger charge is -2.32. The molecule has 0 unspecified atom stereocenters. The highest BCUT2D eigenvalue weighted by molar-refractivity contribution is 7.99. The predicted molar refractivity (Wildman–Crippen MR) is 109 cm³/mol. The number of nitrogens with zero attached hydrogens (tertiary/aromatic N) is 2. The summed E-state index contributed by atoms with van der Waals surface area (Å²) in [6.07, 6.45) is 5.70. The number of thioether (sulfide) groups is 1. The third-order valence-corrected chi connectivity index (χ3v) is 6.35. The molecule has 144 valence electrons. The molecular weight excluding hydrogens is 356 g/mol. The van der Waals surface area contributed by atoms with E-state index < -0.39 is 0 Å². The minimum atomic E-state index is 0.114. The molecule has 2 aromatic rings. The fourth-order valence-electron chi connectivity index (χ4n) is 3.75. The second-order valence-electron chi connectivity index (χ2n) is 7.67. The SMILES string of the molecule is Cc1[nH]c(SCC(=O)NC2CCN(C3CC3)CC2)nc1Cc1ccccc1. The van der Waals surface area contributed by atoms with Crippen LogP contribution in [0.3, 0.4) is 0 Å². The molecule has 2 fully saturated rings. The molecule has 1 aromatic carbocycles. The number of hydrogen-bond donors (Lipinski definition) is 2. The number of piperidine rings is 1. The molecule has 2 heterocycles. The maximum absolute atomic E-state index is 12.3. The maximum Gasteiger partial charge on any atom is 0.230 e. The van der Waals surface area contributed by atoms with Gasteiger partial charge in [0.25, 0.3) is 0 Å². The number of amides is 1. The largest absolute Gasteiger partial charge is 0.353 e. The summed E-state index contributed by atoms with van der Waals surface area (Å²) in [6, 6.07) is 11.5. The number of aromatic nitrogens is 2. The van der Waals surface area contributed by atoms with E-state index >= 15 is 0 Å². The Morgan fingerprint density at radius 3 is 2.67 bits per heavy atom. The average molecular weight is 385 g/mol. The summed E-state index contributed by atoms with van der Waals surface area (Å²) in [4.78, 5) is 22.9. The van der Waals surface area contributed by atoms with Crippen LogP contribution in [-0.4, -0.2) is 51.7 Å². The van der Waals surface area contributed by atoms with Gasteiger partial charge in [-0.1, -0.05) is 42.1 Å². The van der Waals surface area contributed by atoms with Gasteiger partial charge < -0.3 is 15.2 Å². The Bertz CT molecular complexity index is 764. The van der Waals surface area contributed by atoms with Crippen LogP contribution in [0.1, 0.15) is 42.6 Å². The number of aromatic amines is 1. The van der Waals surface area contributed by atoms with E-state index in [0.29, 0.717) is 11.8 Å². The summed E-state index contributed by atoms with van der Waals surface area (Å²) in [7, 11) is 0. The van der Waals surface area contributed by atoms with E-state index in [4.69, 9.17) is 0 Å². The lowest BCUT2D eigenvalue weighted by atomic mass is 10.1. The lowest BCUT2D eigenvalue weighted by molar-refractivity contribution is -0.119. The van der Waals surface area contributed by atoms with E-state index in [0.717, 1.165) is 54.9 Å². The molecule has 1 aliphatic heterocycles. The minimum absolute atomic E-state index is 0.114. The van der Waals surface area contributed by atoms with E-state index in [-0.39, 0.29) is 5.91 Å². The van der Waals surface area contributed by atoms with Gasteiger partial charge in [0.15, 0.2) is 5.16 Å². The van der Waals surface area contributed by atoms with Crippen molar-refractivity contribution < 1.29 is 4.79 Å². The minimum Gasteiger partial charge on any atom is -0.353 e. The third-order valence-electron chi connectivity index (χ3n) is 5.48. The van der Waals surface area contributed by atoms with Crippen LogP contribution in [0.2, 0.25) is 0 Å². The molecule has 0 radical (unpaired) electrons. The highest BCUT2D eigenvalue weighted by Crippen LogP contribution is 2.29. The van der Waals surface area contributed by atoms with Crippen molar-refractivity contribution >= 4 is 17.7 Å². The second-order valence-corrected chi connectivity index (χ2v) is 8.64. The summed E-state index contributed by atoms with van der Waals surface area (Å²) in [5.74, 6) is 0.532. The van der Waals surface area contributed by atoms with Gasteiger partial charge in [-0.15, -0.1) is 0 Å². The average Bonchev–Trinajstić information content (AvgIpc) is 3.47. The molecule has 1 aromatic heterocycles. The van der Waals surface area contributed by atoms with E-state index in [1.165, 1.54) is 30.2 Å². The zero-order chi connectivity index (χ0) is 18.6. The number of imidazole rings is 1. The summed E-state index contributed by atoms with van der Waals surface area (Å²) >= 11 is 1.49. The molecule has 6 heteroatoms. The van der Waals surface area contributed by atoms with Gasteiger partial charge in [0.1, 0.15) is 0 Å². The summed E-state index contributed by atoms with van der Waals surface area (Å²) in [5, 5.41) is 4.03. The Morgan fingerprint density at radius 1 is 1.22 bits per heavy atom. The molecule has 4 rings (SSSR count). The Labute approximate surface area is 165 Å². The Kier molecular flexibility index (Phi) is 5.83. The summed E-state index contributed by atoms with van der Waals surface area (Å²) < 4.78 is 0. The number of hydrogen-bond acceptors (Lipinski definition) is 4. The van der Waals surface area contributed by atoms with Crippen molar-refractivity contribution in [2.45, 2.75) is 56.3 Å². The van der Waals surface area contributed by atoms with E-state index in [2.05, 4.69) is 32.3 Å². The van der Waals surface area contributed by atoms with Crippen LogP contribution in [0.25, 0.3) is 0 Å². The topological polar surface area (TPSA) is 61.0 Å². The number of rotatable bonds is 7. The number of nitrogens with one attached hydrogen (secondary N) is 2. The molecule has 27 heavy (non-hydrogen) atoms. The molecule has 1 aliphatic carbocycles. The first kappa shape index (κ1) is 18.6. The second kappa shape index (κ2) is 8.48. The number of likely N-dealkylation sites (tertiary alicyclic amines) is 1. The van der Waals surface area contributed by atoms with Crippen molar-refractivity contribution in [1.82, 2.24) is 20.2 Å². The van der Waals surface area contributed by atoms with Crippen LogP contribution in [0.15, 0.2) is 35.5 Å². The molecule has 1 amide bonds. The van der Waals surface area contributed by atoms with Crippen molar-refractivity contribution in [3.05, 3.63) is 47.3 Å². The summed E-state index contributed by atoms with van der Waals surface area (Å²) in [5.41, 5.74) is 3.38. The Balaban J connectivity index is 1.22. The number of benzene rings is 1. The van der Waals surface area contributed by atoms with Crippen LogP contribution in [0.5, 0.6) is 0 Å². The van der Waals surface area contributed by atoms with Gasteiger partial charge in [0.2, 0.25) is 5.91 Å². The summed E-state index contributed by atoms with van der Waals surface area (Å²) in [6.45, 7) is 4.30. The molecule has 0 bridgehead atoms. The van der Waals surface area contributed by atoms with Crippen molar-refractivity contribution in [1.29, 1.82) is 0 Å². The Morgan fingerprint density at radius 2 is 1.96 bits per heavy atom. The van der Waals surface area contributed by atoms with Gasteiger partial charge in [0.05, 0.1) is 11.4 Å². The van der Waals surface area contributed by atoms with Crippen molar-refractivity contribution in [2.75, 3.05) is 18.8 Å². The van der Waals surface area contributed by atoms with Gasteiger partial charge in [-0.05, 0) is 38.2 Å². The highest BCUT2D eigenvalue weighted by Gasteiger charge is 2.32. The quantitative estimate of drug-likeness (QED) is 0.720. The molecule has 1 saturated carbocycles. The number of H-pyrrole nitrogens is 1. The first-order chi connectivity index (χ1) is 13.2. The van der Waals surface area contributed by atoms with Crippen LogP contribution < -0.4 is 5.32 Å². The van der Waals surface area contributed by atoms with Gasteiger partial charge in [-0.25, -0.2) is 4.98 Å². The fourth-order valence-corrected chi connectivity index (χ4v) is 4.50. The third kappa shape index (κ3) is 5.14. The molecule has 0 spiro atoms. The molecule has 2 N–H and O–H groups in total. The molecule has 5 nitrogen and oxygen atoms in total. The zero-order valence-electron chi connectivity index (χ0n) is 15.9. The van der Waals surface area contributed by atoms with Crippen LogP contribution in [0, 0.1) is 6.92 Å². The first-order valence-electron chi connectivity index (χ1n) is 9.93. The predicted octanol–water partition coefficient (Wildman–Crippen LogP) is 3.14. The van der Waals surface area contributed by atoms with Crippen LogP contribution in [-0.2, 0) is 11.2 Å². The maximum atomic E-state index is 12.3. The smallest absolute Gasteiger partial charge is 0.230 e. The van der Waals surface area contributed by atoms with Gasteiger partial charge in [-0.2, -0.15) is 0 Å². The highest BCUT2D eigenvalue weighted by atomic mass is 32.2. The van der Waals surface area contributed by atoms with Crippen LogP contribution in [0.4, 0.5) is 0 Å². The van der Waals surface area contributed by atoms with Gasteiger partial charge in [0, 0.05) is 37.3 Å². The number of carbonyl (C=O) groups excluding carboxylic acids is 1. The molecule has 0 atom stereocenters. The van der Waals surface area contributed by atoms with Gasteiger partial charge in [-0.3, -0.25) is 4.79 Å². The normalized spacial score (nSPS) is 18.6. The standard InChI is InChI=1S/C21H28N4OS/c1-15-19(13-16-5-3-2-4-6-16)24-21(22-15)27-14-20(26)23-17-9-11-25(12-10-17)18-7-8-18/h2-6,17-18H,7-14H2,1H3,(H,22,24)(H,23,26). The first-order valence-corrected chi connectivity index (χ1v) is 10.9. The van der Waals surface area contributed by atoms with E-state index in [1.54, 1.807) is 0 Å². The fraction of sp³-hybridized carbons (Fsp3) is 0.524.